The van der Waals surface area contributed by atoms with Crippen LogP contribution in [0, 0.1) is 17.2 Å². The second-order valence-electron chi connectivity index (χ2n) is 3.76. The second-order valence-corrected chi connectivity index (χ2v) is 4.98. The summed E-state index contributed by atoms with van der Waals surface area (Å²) in [5, 5.41) is 8.89. The predicted octanol–water partition coefficient (Wildman–Crippen LogP) is 1.33. The third-order valence-corrected chi connectivity index (χ3v) is 3.96. The molecule has 2 unspecified atom stereocenters. The molecule has 2 atom stereocenters. The zero-order chi connectivity index (χ0) is 10.1. The summed E-state index contributed by atoms with van der Waals surface area (Å²) >= 11 is 1.45. The Labute approximate surface area is 89.6 Å². The van der Waals surface area contributed by atoms with Crippen LogP contribution in [0.2, 0.25) is 0 Å². The van der Waals surface area contributed by atoms with Crippen LogP contribution >= 0.6 is 11.8 Å². The van der Waals surface area contributed by atoms with Gasteiger partial charge in [0.1, 0.15) is 0 Å². The topological polar surface area (TPSA) is 49.8 Å². The van der Waals surface area contributed by atoms with Gasteiger partial charge in [0.15, 0.2) is 0 Å². The summed E-state index contributed by atoms with van der Waals surface area (Å²) in [6, 6.07) is 2.30. The zero-order valence-corrected chi connectivity index (χ0v) is 8.81. The van der Waals surface area contributed by atoms with Crippen LogP contribution in [0.25, 0.3) is 0 Å². The number of nitrogens with zero attached hydrogens (tertiary/aromatic N) is 1. The Kier molecular flexibility index (Phi) is 2.80. The van der Waals surface area contributed by atoms with E-state index in [-0.39, 0.29) is 11.3 Å². The number of hydrogen-bond donors (Lipinski definition) is 1. The molecule has 0 amide bonds. The van der Waals surface area contributed by atoms with Gasteiger partial charge in [0, 0.05) is 0 Å². The van der Waals surface area contributed by atoms with Gasteiger partial charge in [-0.3, -0.25) is 0 Å². The van der Waals surface area contributed by atoms with Gasteiger partial charge in [-0.05, 0) is 0 Å². The third kappa shape index (κ3) is 1.55. The summed E-state index contributed by atoms with van der Waals surface area (Å²) in [5.74, 6) is -0.123. The Morgan fingerprint density at radius 2 is 2.14 bits per heavy atom. The molecule has 1 radical (unpaired) electrons. The monoisotopic (exact) mass is 203 g/mol. The average Bonchev–Trinajstić information content (AvgIpc) is 2.18. The van der Waals surface area contributed by atoms with Gasteiger partial charge in [-0.25, -0.2) is 0 Å². The standard InChI is InChI=1S/C10H12BN2S/c11-9-7-4-2-1-3-6(7)8(5-12)10(13)14-9/h8,10H,1-4,13H2. The van der Waals surface area contributed by atoms with Gasteiger partial charge in [0.2, 0.25) is 0 Å². The Hall–Kier alpha value is -0.525. The molecule has 0 saturated carbocycles. The van der Waals surface area contributed by atoms with Crippen LogP contribution in [-0.4, -0.2) is 17.7 Å². The van der Waals surface area contributed by atoms with Crippen LogP contribution < -0.4 is 5.73 Å². The van der Waals surface area contributed by atoms with E-state index < -0.39 is 0 Å². The molecule has 0 spiro atoms. The Morgan fingerprint density at radius 3 is 2.86 bits per heavy atom. The van der Waals surface area contributed by atoms with Crippen molar-refractivity contribution in [1.29, 1.82) is 5.26 Å². The van der Waals surface area contributed by atoms with Crippen molar-refractivity contribution in [3.8, 4) is 6.07 Å². The van der Waals surface area contributed by atoms with E-state index in [0.29, 0.717) is 0 Å². The summed E-state index contributed by atoms with van der Waals surface area (Å²) in [6.07, 6.45) is 4.39. The predicted molar refractivity (Wildman–Crippen MR) is 60.9 cm³/mol. The van der Waals surface area contributed by atoms with E-state index in [1.165, 1.54) is 35.7 Å². The van der Waals surface area contributed by atoms with Crippen molar-refractivity contribution in [3.63, 3.8) is 0 Å². The second kappa shape index (κ2) is 3.92. The molecule has 4 heteroatoms. The van der Waals surface area contributed by atoms with Crippen LogP contribution in [0.5, 0.6) is 0 Å². The Bertz CT molecular complexity index is 343. The maximum absolute atomic E-state index is 9.06. The van der Waals surface area contributed by atoms with Crippen molar-refractivity contribution in [2.24, 2.45) is 11.7 Å². The molecule has 2 rings (SSSR count). The van der Waals surface area contributed by atoms with Crippen molar-refractivity contribution in [2.45, 2.75) is 31.1 Å². The molecule has 0 aromatic rings. The first kappa shape index (κ1) is 10.0. The molecule has 1 heterocycles. The van der Waals surface area contributed by atoms with Crippen LogP contribution in [-0.2, 0) is 0 Å². The van der Waals surface area contributed by atoms with Crippen LogP contribution in [0.4, 0.5) is 0 Å². The van der Waals surface area contributed by atoms with Crippen molar-refractivity contribution >= 4 is 24.0 Å². The summed E-state index contributed by atoms with van der Waals surface area (Å²) in [6.45, 7) is 0. The van der Waals surface area contributed by atoms with E-state index in [1.54, 1.807) is 0 Å². The Morgan fingerprint density at radius 1 is 1.43 bits per heavy atom. The molecule has 1 aliphatic carbocycles. The van der Waals surface area contributed by atoms with Gasteiger partial charge in [-0.15, -0.1) is 0 Å². The first-order valence-electron chi connectivity index (χ1n) is 4.90. The third-order valence-electron chi connectivity index (χ3n) is 2.91. The molecule has 1 aliphatic heterocycles. The van der Waals surface area contributed by atoms with E-state index >= 15 is 0 Å². The number of nitrogens with two attached hydrogens (primary N) is 1. The van der Waals surface area contributed by atoms with Crippen molar-refractivity contribution in [2.75, 3.05) is 0 Å². The van der Waals surface area contributed by atoms with Gasteiger partial charge < -0.3 is 0 Å². The van der Waals surface area contributed by atoms with E-state index in [4.69, 9.17) is 18.5 Å². The van der Waals surface area contributed by atoms with Gasteiger partial charge in [-0.1, -0.05) is 0 Å². The van der Waals surface area contributed by atoms with Crippen molar-refractivity contribution < 1.29 is 0 Å². The number of rotatable bonds is 0. The number of hydrogen-bond acceptors (Lipinski definition) is 3. The molecular weight excluding hydrogens is 191 g/mol. The maximum atomic E-state index is 9.06. The summed E-state index contributed by atoms with van der Waals surface area (Å²) in [5.41, 5.74) is 8.32. The van der Waals surface area contributed by atoms with E-state index in [9.17, 15) is 0 Å². The van der Waals surface area contributed by atoms with Crippen LogP contribution in [0.1, 0.15) is 25.7 Å². The summed E-state index contributed by atoms with van der Waals surface area (Å²) in [4.78, 5) is 0.846. The molecule has 71 valence electrons. The fourth-order valence-corrected chi connectivity index (χ4v) is 3.22. The van der Waals surface area contributed by atoms with Gasteiger partial charge in [-0.2, -0.15) is 0 Å². The van der Waals surface area contributed by atoms with Gasteiger partial charge >= 0.3 is 89.2 Å². The van der Waals surface area contributed by atoms with Crippen LogP contribution in [0.3, 0.4) is 0 Å². The fourth-order valence-electron chi connectivity index (χ4n) is 2.19. The minimum atomic E-state index is -0.170. The van der Waals surface area contributed by atoms with Gasteiger partial charge in [0.05, 0.1) is 0 Å². The van der Waals surface area contributed by atoms with E-state index in [2.05, 4.69) is 6.07 Å². The van der Waals surface area contributed by atoms with Crippen molar-refractivity contribution in [1.82, 2.24) is 0 Å². The minimum absolute atomic E-state index is 0.123. The normalized spacial score (nSPS) is 32.4. The average molecular weight is 203 g/mol. The molecule has 0 bridgehead atoms. The molecule has 2 nitrogen and oxygen atoms in total. The molecule has 2 N–H and O–H groups in total. The van der Waals surface area contributed by atoms with Crippen molar-refractivity contribution in [3.05, 3.63) is 11.1 Å². The molecule has 0 aromatic heterocycles. The van der Waals surface area contributed by atoms with E-state index in [0.717, 1.165) is 17.6 Å². The molecule has 0 saturated heterocycles. The van der Waals surface area contributed by atoms with Crippen LogP contribution in [0.15, 0.2) is 11.1 Å². The molecule has 0 fully saturated rings. The molecule has 2 aliphatic rings. The van der Waals surface area contributed by atoms with Gasteiger partial charge in [0.25, 0.3) is 0 Å². The number of nitriles is 1. The number of thioether (sulfide) groups is 1. The molecule has 0 aromatic carbocycles. The summed E-state index contributed by atoms with van der Waals surface area (Å²) < 4.78 is 0. The zero-order valence-electron chi connectivity index (χ0n) is 7.99. The van der Waals surface area contributed by atoms with E-state index in [1.807, 2.05) is 0 Å². The quantitative estimate of drug-likeness (QED) is 0.604. The molecule has 14 heavy (non-hydrogen) atoms. The SMILES string of the molecule is [B]=C1SC(N)C(C#N)C2=C1CCCC2. The first-order valence-corrected chi connectivity index (χ1v) is 5.78. The molecular formula is C10H12BN2S. The Balaban J connectivity index is 2.40. The summed E-state index contributed by atoms with van der Waals surface area (Å²) in [7, 11) is 5.93. The first-order chi connectivity index (χ1) is 6.74. The fraction of sp³-hybridized carbons (Fsp3) is 0.600.